The predicted octanol–water partition coefficient (Wildman–Crippen LogP) is 5.11. The van der Waals surface area contributed by atoms with Gasteiger partial charge in [-0.15, -0.1) is 0 Å². The first-order chi connectivity index (χ1) is 18.0. The second-order valence-corrected chi connectivity index (χ2v) is 9.81. The Balaban J connectivity index is 1.33. The average molecular weight is 499 g/mol. The van der Waals surface area contributed by atoms with Crippen molar-refractivity contribution >= 4 is 17.6 Å². The van der Waals surface area contributed by atoms with Crippen LogP contribution in [0.1, 0.15) is 28.7 Å². The number of amides is 3. The molecule has 0 atom stereocenters. The molecule has 0 aromatic heterocycles. The molecule has 1 aliphatic rings. The van der Waals surface area contributed by atoms with Crippen LogP contribution in [0.25, 0.3) is 0 Å². The molecule has 1 N–H and O–H groups in total. The molecule has 0 bridgehead atoms. The van der Waals surface area contributed by atoms with E-state index >= 15 is 0 Å². The molecule has 3 amide bonds. The van der Waals surface area contributed by atoms with E-state index in [0.717, 1.165) is 56.0 Å². The summed E-state index contributed by atoms with van der Waals surface area (Å²) in [7, 11) is 0. The molecule has 4 rings (SSSR count). The topological polar surface area (TPSA) is 55.9 Å². The van der Waals surface area contributed by atoms with E-state index < -0.39 is 0 Å². The number of nitrogens with zero attached hydrogens (tertiary/aromatic N) is 3. The quantitative estimate of drug-likeness (QED) is 0.446. The summed E-state index contributed by atoms with van der Waals surface area (Å²) >= 11 is 0. The van der Waals surface area contributed by atoms with Gasteiger partial charge >= 0.3 is 6.03 Å². The first-order valence-electron chi connectivity index (χ1n) is 13.2. The second kappa shape index (κ2) is 13.1. The number of piperazine rings is 1. The molecule has 1 saturated heterocycles. The summed E-state index contributed by atoms with van der Waals surface area (Å²) in [6, 6.07) is 26.4. The van der Waals surface area contributed by atoms with Crippen molar-refractivity contribution in [1.29, 1.82) is 0 Å². The second-order valence-electron chi connectivity index (χ2n) is 9.81. The third-order valence-corrected chi connectivity index (χ3v) is 7.08. The Morgan fingerprint density at radius 2 is 1.35 bits per heavy atom. The number of rotatable bonds is 9. The molecular formula is C31H38N4O2. The molecule has 194 valence electrons. The van der Waals surface area contributed by atoms with Crippen molar-refractivity contribution in [2.75, 3.05) is 44.6 Å². The Bertz CT molecular complexity index is 1140. The molecule has 3 aromatic carbocycles. The molecule has 1 aliphatic heterocycles. The number of nitrogens with one attached hydrogen (secondary N) is 1. The maximum atomic E-state index is 13.3. The van der Waals surface area contributed by atoms with Crippen molar-refractivity contribution in [3.63, 3.8) is 0 Å². The van der Waals surface area contributed by atoms with Crippen LogP contribution in [0, 0.1) is 13.8 Å². The van der Waals surface area contributed by atoms with Gasteiger partial charge in [-0.1, -0.05) is 78.9 Å². The summed E-state index contributed by atoms with van der Waals surface area (Å²) in [5.41, 5.74) is 5.37. The van der Waals surface area contributed by atoms with E-state index in [1.165, 1.54) is 11.1 Å². The molecule has 0 radical (unpaired) electrons. The van der Waals surface area contributed by atoms with Gasteiger partial charge in [-0.25, -0.2) is 4.79 Å². The molecule has 6 heteroatoms. The normalized spacial score (nSPS) is 13.8. The monoisotopic (exact) mass is 498 g/mol. The fourth-order valence-electron chi connectivity index (χ4n) is 4.81. The number of anilines is 1. The van der Waals surface area contributed by atoms with Crippen LogP contribution in [0.3, 0.4) is 0 Å². The lowest BCUT2D eigenvalue weighted by molar-refractivity contribution is -0.133. The Hall–Kier alpha value is -3.64. The number of hydrogen-bond acceptors (Lipinski definition) is 3. The highest BCUT2D eigenvalue weighted by Gasteiger charge is 2.23. The number of urea groups is 1. The molecular weight excluding hydrogens is 460 g/mol. The highest BCUT2D eigenvalue weighted by molar-refractivity contribution is 5.91. The van der Waals surface area contributed by atoms with Gasteiger partial charge in [0.05, 0.1) is 0 Å². The highest BCUT2D eigenvalue weighted by atomic mass is 16.2. The molecule has 0 unspecified atom stereocenters. The van der Waals surface area contributed by atoms with E-state index in [1.807, 2.05) is 61.2 Å². The largest absolute Gasteiger partial charge is 0.340 e. The Labute approximate surface area is 220 Å². The summed E-state index contributed by atoms with van der Waals surface area (Å²) in [5, 5.41) is 3.10. The number of hydrogen-bond donors (Lipinski definition) is 1. The van der Waals surface area contributed by atoms with E-state index in [4.69, 9.17) is 0 Å². The number of aryl methyl sites for hydroxylation is 2. The van der Waals surface area contributed by atoms with E-state index in [-0.39, 0.29) is 11.9 Å². The zero-order valence-electron chi connectivity index (χ0n) is 22.0. The van der Waals surface area contributed by atoms with Crippen molar-refractivity contribution in [1.82, 2.24) is 14.7 Å². The van der Waals surface area contributed by atoms with Gasteiger partial charge in [-0.3, -0.25) is 9.69 Å². The lowest BCUT2D eigenvalue weighted by Crippen LogP contribution is -2.49. The number of para-hydroxylation sites is 1. The van der Waals surface area contributed by atoms with E-state index in [2.05, 4.69) is 46.6 Å². The van der Waals surface area contributed by atoms with Crippen molar-refractivity contribution in [3.8, 4) is 0 Å². The maximum Gasteiger partial charge on any atom is 0.321 e. The van der Waals surface area contributed by atoms with E-state index in [9.17, 15) is 9.59 Å². The SMILES string of the molecule is Cc1cccc(C)c1NC(=O)N(CCC(=O)N1CCN(Cc2ccccc2)CC1)CCc1ccccc1. The molecule has 6 nitrogen and oxygen atoms in total. The molecule has 0 saturated carbocycles. The van der Waals surface area contributed by atoms with Gasteiger partial charge in [0.15, 0.2) is 0 Å². The summed E-state index contributed by atoms with van der Waals surface area (Å²) in [5.74, 6) is 0.115. The Morgan fingerprint density at radius 3 is 1.97 bits per heavy atom. The number of benzene rings is 3. The maximum absolute atomic E-state index is 13.3. The fourth-order valence-corrected chi connectivity index (χ4v) is 4.81. The summed E-state index contributed by atoms with van der Waals surface area (Å²) in [6.07, 6.45) is 1.07. The van der Waals surface area contributed by atoms with Gasteiger partial charge in [0.2, 0.25) is 5.91 Å². The van der Waals surface area contributed by atoms with Gasteiger partial charge < -0.3 is 15.1 Å². The van der Waals surface area contributed by atoms with Crippen LogP contribution < -0.4 is 5.32 Å². The molecule has 0 aliphatic carbocycles. The van der Waals surface area contributed by atoms with Crippen LogP contribution in [0.4, 0.5) is 10.5 Å². The van der Waals surface area contributed by atoms with Crippen molar-refractivity contribution < 1.29 is 9.59 Å². The third-order valence-electron chi connectivity index (χ3n) is 7.08. The van der Waals surface area contributed by atoms with Crippen LogP contribution >= 0.6 is 0 Å². The van der Waals surface area contributed by atoms with Crippen LogP contribution in [-0.2, 0) is 17.8 Å². The zero-order valence-corrected chi connectivity index (χ0v) is 22.0. The Morgan fingerprint density at radius 1 is 0.757 bits per heavy atom. The first-order valence-corrected chi connectivity index (χ1v) is 13.2. The van der Waals surface area contributed by atoms with Gasteiger partial charge in [-0.2, -0.15) is 0 Å². The highest BCUT2D eigenvalue weighted by Crippen LogP contribution is 2.20. The summed E-state index contributed by atoms with van der Waals surface area (Å²) in [4.78, 5) is 32.5. The summed E-state index contributed by atoms with van der Waals surface area (Å²) in [6.45, 7) is 9.04. The third kappa shape index (κ3) is 7.67. The zero-order chi connectivity index (χ0) is 26.0. The standard InChI is InChI=1S/C31H38N4O2/c1-25-10-9-11-26(2)30(25)32-31(37)35(18-16-27-12-5-3-6-13-27)19-17-29(36)34-22-20-33(21-23-34)24-28-14-7-4-8-15-28/h3-15H,16-24H2,1-2H3,(H,32,37). The van der Waals surface area contributed by atoms with Crippen LogP contribution in [0.2, 0.25) is 0 Å². The lowest BCUT2D eigenvalue weighted by Gasteiger charge is -2.35. The molecule has 37 heavy (non-hydrogen) atoms. The van der Waals surface area contributed by atoms with Gasteiger partial charge in [0, 0.05) is 57.9 Å². The minimum Gasteiger partial charge on any atom is -0.340 e. The molecule has 1 heterocycles. The molecule has 3 aromatic rings. The van der Waals surface area contributed by atoms with E-state index in [0.29, 0.717) is 19.5 Å². The van der Waals surface area contributed by atoms with E-state index in [1.54, 1.807) is 4.90 Å². The van der Waals surface area contributed by atoms with Crippen LogP contribution in [0.5, 0.6) is 0 Å². The minimum atomic E-state index is -0.159. The van der Waals surface area contributed by atoms with Crippen LogP contribution in [-0.4, -0.2) is 65.9 Å². The van der Waals surface area contributed by atoms with Crippen molar-refractivity contribution in [2.45, 2.75) is 33.2 Å². The Kier molecular flexibility index (Phi) is 9.33. The fraction of sp³-hybridized carbons (Fsp3) is 0.355. The lowest BCUT2D eigenvalue weighted by atomic mass is 10.1. The van der Waals surface area contributed by atoms with Gasteiger partial charge in [0.25, 0.3) is 0 Å². The minimum absolute atomic E-state index is 0.115. The van der Waals surface area contributed by atoms with Crippen molar-refractivity contribution in [2.24, 2.45) is 0 Å². The predicted molar refractivity (Wildman–Crippen MR) is 150 cm³/mol. The van der Waals surface area contributed by atoms with Gasteiger partial charge in [-0.05, 0) is 42.5 Å². The van der Waals surface area contributed by atoms with Crippen LogP contribution in [0.15, 0.2) is 78.9 Å². The van der Waals surface area contributed by atoms with Crippen molar-refractivity contribution in [3.05, 3.63) is 101 Å². The average Bonchev–Trinajstić information content (AvgIpc) is 2.92. The molecule has 1 fully saturated rings. The summed E-state index contributed by atoms with van der Waals surface area (Å²) < 4.78 is 0. The first kappa shape index (κ1) is 26.4. The molecule has 0 spiro atoms. The van der Waals surface area contributed by atoms with Gasteiger partial charge in [0.1, 0.15) is 0 Å². The smallest absolute Gasteiger partial charge is 0.321 e. The number of carbonyl (C=O) groups is 2. The number of carbonyl (C=O) groups excluding carboxylic acids is 2.